The fourth-order valence-corrected chi connectivity index (χ4v) is 3.55. The van der Waals surface area contributed by atoms with E-state index in [1.165, 1.54) is 83.1 Å². The number of aliphatic hydroxyl groups excluding tert-OH is 1. The van der Waals surface area contributed by atoms with E-state index in [4.69, 9.17) is 0 Å². The first kappa shape index (κ1) is 22.8. The molecule has 1 aromatic carbocycles. The molecule has 26 heavy (non-hydrogen) atoms. The van der Waals surface area contributed by atoms with E-state index in [0.717, 1.165) is 18.4 Å². The minimum atomic E-state index is -0.399. The summed E-state index contributed by atoms with van der Waals surface area (Å²) in [7, 11) is 0. The zero-order valence-electron chi connectivity index (χ0n) is 16.8. The minimum absolute atomic E-state index is 0.0492. The Morgan fingerprint density at radius 2 is 1.08 bits per heavy atom. The lowest BCUT2D eigenvalue weighted by atomic mass is 10.0. The van der Waals surface area contributed by atoms with Gasteiger partial charge in [-0.3, -0.25) is 0 Å². The summed E-state index contributed by atoms with van der Waals surface area (Å²) in [5.41, 5.74) is 0.782. The lowest BCUT2D eigenvalue weighted by Crippen LogP contribution is -2.10. The zero-order chi connectivity index (χ0) is 19.0. The topological polar surface area (TPSA) is 60.7 Å². The van der Waals surface area contributed by atoms with Crippen LogP contribution in [0.1, 0.15) is 102 Å². The highest BCUT2D eigenvalue weighted by atomic mass is 16.3. The number of aliphatic hydroxyl groups is 1. The van der Waals surface area contributed by atoms with E-state index in [1.807, 2.05) is 0 Å². The number of phenolic OH excluding ortho intramolecular Hbond substituents is 2. The van der Waals surface area contributed by atoms with Crippen molar-refractivity contribution in [2.45, 2.75) is 109 Å². The van der Waals surface area contributed by atoms with Gasteiger partial charge in [-0.05, 0) is 30.5 Å². The standard InChI is InChI=1S/C23H40O3/c1-2-3-4-5-6-7-8-9-10-11-12-13-14-15-21(24)16-20-17-22(25)19-23(26)18-20/h17-19,21,24-26H,2-16H2,1H3/t21-/m1/s1. The number of hydrogen-bond donors (Lipinski definition) is 3. The van der Waals surface area contributed by atoms with E-state index in [1.54, 1.807) is 12.1 Å². The molecule has 0 unspecified atom stereocenters. The van der Waals surface area contributed by atoms with Crippen LogP contribution in [0, 0.1) is 0 Å². The number of hydrogen-bond acceptors (Lipinski definition) is 3. The molecule has 0 heterocycles. The van der Waals surface area contributed by atoms with E-state index in [2.05, 4.69) is 6.92 Å². The summed E-state index contributed by atoms with van der Waals surface area (Å²) >= 11 is 0. The Kier molecular flexibility index (Phi) is 13.1. The molecule has 0 radical (unpaired) electrons. The maximum atomic E-state index is 10.1. The molecule has 3 nitrogen and oxygen atoms in total. The maximum absolute atomic E-state index is 10.1. The van der Waals surface area contributed by atoms with E-state index in [9.17, 15) is 15.3 Å². The minimum Gasteiger partial charge on any atom is -0.508 e. The van der Waals surface area contributed by atoms with Crippen LogP contribution in [0.5, 0.6) is 11.5 Å². The zero-order valence-corrected chi connectivity index (χ0v) is 16.8. The van der Waals surface area contributed by atoms with Gasteiger partial charge >= 0.3 is 0 Å². The van der Waals surface area contributed by atoms with Crippen molar-refractivity contribution in [3.63, 3.8) is 0 Å². The first-order chi connectivity index (χ1) is 12.6. The molecule has 0 amide bonds. The molecule has 1 aromatic rings. The summed E-state index contributed by atoms with van der Waals surface area (Å²) in [6.45, 7) is 2.27. The Balaban J connectivity index is 1.91. The van der Waals surface area contributed by atoms with E-state index in [0.29, 0.717) is 6.42 Å². The molecule has 1 atom stereocenters. The van der Waals surface area contributed by atoms with Crippen molar-refractivity contribution < 1.29 is 15.3 Å². The van der Waals surface area contributed by atoms with Crippen molar-refractivity contribution in [1.29, 1.82) is 0 Å². The third kappa shape index (κ3) is 12.2. The van der Waals surface area contributed by atoms with Gasteiger partial charge in [0, 0.05) is 6.07 Å². The molecule has 0 fully saturated rings. The van der Waals surface area contributed by atoms with E-state index < -0.39 is 6.10 Å². The molecular formula is C23H40O3. The molecule has 150 valence electrons. The lowest BCUT2D eigenvalue weighted by molar-refractivity contribution is 0.160. The van der Waals surface area contributed by atoms with Crippen LogP contribution in [0.15, 0.2) is 18.2 Å². The molecule has 3 heteroatoms. The summed E-state index contributed by atoms with van der Waals surface area (Å²) in [6.07, 6.45) is 18.1. The molecule has 0 saturated carbocycles. The maximum Gasteiger partial charge on any atom is 0.119 e. The first-order valence-electron chi connectivity index (χ1n) is 10.8. The molecule has 0 aliphatic rings. The second-order valence-electron chi connectivity index (χ2n) is 7.75. The Labute approximate surface area is 160 Å². The van der Waals surface area contributed by atoms with Gasteiger partial charge in [-0.15, -0.1) is 0 Å². The fraction of sp³-hybridized carbons (Fsp3) is 0.739. The third-order valence-electron chi connectivity index (χ3n) is 5.07. The molecule has 0 aliphatic carbocycles. The summed E-state index contributed by atoms with van der Waals surface area (Å²) in [5.74, 6) is 0.0984. The van der Waals surface area contributed by atoms with Crippen molar-refractivity contribution in [3.8, 4) is 11.5 Å². The molecule has 1 rings (SSSR count). The van der Waals surface area contributed by atoms with Gasteiger partial charge in [0.2, 0.25) is 0 Å². The average molecular weight is 365 g/mol. The highest BCUT2D eigenvalue weighted by molar-refractivity contribution is 5.36. The summed E-state index contributed by atoms with van der Waals surface area (Å²) in [6, 6.07) is 4.52. The predicted octanol–water partition coefficient (Wildman–Crippen LogP) is 6.48. The Hall–Kier alpha value is -1.22. The third-order valence-corrected chi connectivity index (χ3v) is 5.07. The van der Waals surface area contributed by atoms with Crippen molar-refractivity contribution in [2.75, 3.05) is 0 Å². The highest BCUT2D eigenvalue weighted by Gasteiger charge is 2.07. The van der Waals surface area contributed by atoms with Crippen LogP contribution in [0.4, 0.5) is 0 Å². The van der Waals surface area contributed by atoms with Crippen molar-refractivity contribution >= 4 is 0 Å². The molecule has 0 spiro atoms. The summed E-state index contributed by atoms with van der Waals surface area (Å²) in [4.78, 5) is 0. The van der Waals surface area contributed by atoms with Gasteiger partial charge in [0.05, 0.1) is 6.10 Å². The predicted molar refractivity (Wildman–Crippen MR) is 110 cm³/mol. The largest absolute Gasteiger partial charge is 0.508 e. The van der Waals surface area contributed by atoms with Crippen LogP contribution >= 0.6 is 0 Å². The van der Waals surface area contributed by atoms with Crippen LogP contribution in [-0.2, 0) is 6.42 Å². The monoisotopic (exact) mass is 364 g/mol. The van der Waals surface area contributed by atoms with Gasteiger partial charge in [0.25, 0.3) is 0 Å². The number of phenols is 2. The smallest absolute Gasteiger partial charge is 0.119 e. The van der Waals surface area contributed by atoms with Gasteiger partial charge in [-0.1, -0.05) is 90.4 Å². The average Bonchev–Trinajstić information content (AvgIpc) is 2.58. The van der Waals surface area contributed by atoms with Crippen molar-refractivity contribution in [2.24, 2.45) is 0 Å². The number of unbranched alkanes of at least 4 members (excludes halogenated alkanes) is 12. The summed E-state index contributed by atoms with van der Waals surface area (Å²) < 4.78 is 0. The fourth-order valence-electron chi connectivity index (χ4n) is 3.55. The van der Waals surface area contributed by atoms with Gasteiger partial charge < -0.3 is 15.3 Å². The van der Waals surface area contributed by atoms with Crippen LogP contribution in [0.25, 0.3) is 0 Å². The first-order valence-corrected chi connectivity index (χ1v) is 10.8. The Morgan fingerprint density at radius 3 is 1.54 bits per heavy atom. The molecule has 0 bridgehead atoms. The van der Waals surface area contributed by atoms with Crippen LogP contribution in [-0.4, -0.2) is 21.4 Å². The molecule has 0 aliphatic heterocycles. The van der Waals surface area contributed by atoms with Gasteiger partial charge in [-0.2, -0.15) is 0 Å². The van der Waals surface area contributed by atoms with Crippen molar-refractivity contribution in [3.05, 3.63) is 23.8 Å². The second-order valence-corrected chi connectivity index (χ2v) is 7.75. The van der Waals surface area contributed by atoms with Crippen LogP contribution in [0.3, 0.4) is 0 Å². The molecule has 3 N–H and O–H groups in total. The van der Waals surface area contributed by atoms with E-state index in [-0.39, 0.29) is 11.5 Å². The lowest BCUT2D eigenvalue weighted by Gasteiger charge is -2.11. The van der Waals surface area contributed by atoms with Crippen molar-refractivity contribution in [1.82, 2.24) is 0 Å². The number of rotatable bonds is 16. The van der Waals surface area contributed by atoms with Gasteiger partial charge in [0.1, 0.15) is 11.5 Å². The Bertz CT molecular complexity index is 439. The number of benzene rings is 1. The normalized spacial score (nSPS) is 12.4. The molecule has 0 aromatic heterocycles. The highest BCUT2D eigenvalue weighted by Crippen LogP contribution is 2.22. The quantitative estimate of drug-likeness (QED) is 0.294. The molecular weight excluding hydrogens is 324 g/mol. The number of aromatic hydroxyl groups is 2. The van der Waals surface area contributed by atoms with Crippen LogP contribution in [0.2, 0.25) is 0 Å². The van der Waals surface area contributed by atoms with Crippen LogP contribution < -0.4 is 0 Å². The van der Waals surface area contributed by atoms with Gasteiger partial charge in [0.15, 0.2) is 0 Å². The SMILES string of the molecule is CCCCCCCCCCCCCCC[C@@H](O)Cc1cc(O)cc(O)c1. The molecule has 0 saturated heterocycles. The van der Waals surface area contributed by atoms with Gasteiger partial charge in [-0.25, -0.2) is 0 Å². The second kappa shape index (κ2) is 14.9. The van der Waals surface area contributed by atoms with E-state index >= 15 is 0 Å². The summed E-state index contributed by atoms with van der Waals surface area (Å²) in [5, 5.41) is 29.0. The Morgan fingerprint density at radius 1 is 0.654 bits per heavy atom.